The number of rotatable bonds is 0. The molecule has 0 amide bonds. The second-order valence-electron chi connectivity index (χ2n) is 1.57. The number of carbonyl (C=O) groups excluding carboxylic acids is 1. The van der Waals surface area contributed by atoms with Crippen LogP contribution in [-0.4, -0.2) is 11.8 Å². The molecule has 10 heavy (non-hydrogen) atoms. The highest BCUT2D eigenvalue weighted by Crippen LogP contribution is 2.10. The zero-order valence-corrected chi connectivity index (χ0v) is 7.26. The summed E-state index contributed by atoms with van der Waals surface area (Å²) >= 11 is 3.33. The predicted molar refractivity (Wildman–Crippen MR) is 43.8 cm³/mol. The molecule has 54 valence electrons. The van der Waals surface area contributed by atoms with Crippen molar-refractivity contribution in [2.45, 2.75) is 6.92 Å². The molecule has 0 N–H and O–H groups in total. The van der Waals surface area contributed by atoms with E-state index in [9.17, 15) is 0 Å². The van der Waals surface area contributed by atoms with Gasteiger partial charge in [-0.05, 0) is 35.0 Å². The van der Waals surface area contributed by atoms with E-state index in [1.165, 1.54) is 0 Å². The van der Waals surface area contributed by atoms with Crippen LogP contribution in [0.15, 0.2) is 22.8 Å². The van der Waals surface area contributed by atoms with Crippen LogP contribution in [0, 0.1) is 6.92 Å². The number of hydrogen-bond acceptors (Lipinski definition) is 2. The fraction of sp³-hybridized carbons (Fsp3) is 0.143. The van der Waals surface area contributed by atoms with Crippen molar-refractivity contribution in [2.75, 3.05) is 0 Å². The summed E-state index contributed by atoms with van der Waals surface area (Å²) in [5, 5.41) is 0. The maximum absolute atomic E-state index is 8.00. The topological polar surface area (TPSA) is 30.0 Å². The molecule has 0 aromatic carbocycles. The van der Waals surface area contributed by atoms with Gasteiger partial charge in [-0.2, -0.15) is 0 Å². The molecular formula is C7H8BrNO. The Morgan fingerprint density at radius 1 is 1.60 bits per heavy atom. The van der Waals surface area contributed by atoms with Gasteiger partial charge >= 0.3 is 0 Å². The van der Waals surface area contributed by atoms with E-state index >= 15 is 0 Å². The molecule has 0 aliphatic carbocycles. The first-order valence-electron chi connectivity index (χ1n) is 2.66. The Balaban J connectivity index is 0.000000371. The number of nitrogens with zero attached hydrogens (tertiary/aromatic N) is 1. The maximum atomic E-state index is 8.00. The molecule has 1 rings (SSSR count). The van der Waals surface area contributed by atoms with Crippen molar-refractivity contribution >= 4 is 22.7 Å². The molecule has 1 aromatic heterocycles. The quantitative estimate of drug-likeness (QED) is 0.643. The molecule has 0 saturated heterocycles. The minimum Gasteiger partial charge on any atom is -0.307 e. The third kappa shape index (κ3) is 2.73. The zero-order chi connectivity index (χ0) is 7.98. The van der Waals surface area contributed by atoms with Crippen molar-refractivity contribution in [2.24, 2.45) is 0 Å². The molecule has 0 aliphatic heterocycles. The normalized spacial score (nSPS) is 7.80. The lowest BCUT2D eigenvalue weighted by Gasteiger charge is -1.90. The Hall–Kier alpha value is -0.700. The van der Waals surface area contributed by atoms with Gasteiger partial charge in [0, 0.05) is 10.7 Å². The van der Waals surface area contributed by atoms with E-state index in [0.717, 1.165) is 10.2 Å². The van der Waals surface area contributed by atoms with Crippen LogP contribution < -0.4 is 0 Å². The van der Waals surface area contributed by atoms with Crippen LogP contribution in [0.1, 0.15) is 5.69 Å². The van der Waals surface area contributed by atoms with Crippen LogP contribution in [0.4, 0.5) is 0 Å². The van der Waals surface area contributed by atoms with Crippen LogP contribution >= 0.6 is 15.9 Å². The van der Waals surface area contributed by atoms with Crippen LogP contribution in [-0.2, 0) is 4.79 Å². The minimum atomic E-state index is 1.03. The second kappa shape index (κ2) is 5.11. The number of carbonyl (C=O) groups is 1. The van der Waals surface area contributed by atoms with Crippen LogP contribution in [0.25, 0.3) is 0 Å². The monoisotopic (exact) mass is 201 g/mol. The summed E-state index contributed by atoms with van der Waals surface area (Å²) in [5.74, 6) is 0. The molecule has 1 heterocycles. The van der Waals surface area contributed by atoms with E-state index in [1.807, 2.05) is 25.8 Å². The second-order valence-corrected chi connectivity index (χ2v) is 2.42. The molecular weight excluding hydrogens is 194 g/mol. The first kappa shape index (κ1) is 9.30. The minimum absolute atomic E-state index is 1.03. The van der Waals surface area contributed by atoms with Gasteiger partial charge in [0.1, 0.15) is 6.79 Å². The summed E-state index contributed by atoms with van der Waals surface area (Å²) in [4.78, 5) is 12.0. The highest BCUT2D eigenvalue weighted by molar-refractivity contribution is 9.10. The van der Waals surface area contributed by atoms with Crippen molar-refractivity contribution in [1.82, 2.24) is 4.98 Å². The number of aryl methyl sites for hydroxylation is 1. The third-order valence-electron chi connectivity index (χ3n) is 0.942. The largest absolute Gasteiger partial charge is 0.307 e. The smallest absolute Gasteiger partial charge is 0.106 e. The zero-order valence-electron chi connectivity index (χ0n) is 5.67. The Morgan fingerprint density at radius 3 is 2.50 bits per heavy atom. The number of aromatic nitrogens is 1. The molecule has 2 nitrogen and oxygen atoms in total. The fourth-order valence-electron chi connectivity index (χ4n) is 0.465. The van der Waals surface area contributed by atoms with Crippen LogP contribution in [0.5, 0.6) is 0 Å². The Bertz CT molecular complexity index is 182. The van der Waals surface area contributed by atoms with Crippen LogP contribution in [0.3, 0.4) is 0 Å². The SMILES string of the molecule is C=O.Cc1ncccc1Br. The molecule has 0 unspecified atom stereocenters. The average Bonchev–Trinajstić information content (AvgIpc) is 2.00. The molecule has 1 aromatic rings. The van der Waals surface area contributed by atoms with Gasteiger partial charge in [-0.1, -0.05) is 0 Å². The van der Waals surface area contributed by atoms with Gasteiger partial charge in [-0.3, -0.25) is 4.98 Å². The van der Waals surface area contributed by atoms with E-state index in [-0.39, 0.29) is 0 Å². The summed E-state index contributed by atoms with van der Waals surface area (Å²) in [6.45, 7) is 3.96. The lowest BCUT2D eigenvalue weighted by molar-refractivity contribution is -0.0979. The number of halogens is 1. The van der Waals surface area contributed by atoms with Gasteiger partial charge in [-0.25, -0.2) is 0 Å². The van der Waals surface area contributed by atoms with Crippen molar-refractivity contribution in [3.05, 3.63) is 28.5 Å². The first-order valence-corrected chi connectivity index (χ1v) is 3.46. The molecule has 0 fully saturated rings. The van der Waals surface area contributed by atoms with E-state index in [2.05, 4.69) is 20.9 Å². The van der Waals surface area contributed by atoms with E-state index in [1.54, 1.807) is 6.20 Å². The summed E-state index contributed by atoms with van der Waals surface area (Å²) in [6.07, 6.45) is 1.78. The molecule has 0 saturated carbocycles. The molecule has 0 atom stereocenters. The summed E-state index contributed by atoms with van der Waals surface area (Å²) < 4.78 is 1.07. The van der Waals surface area contributed by atoms with Gasteiger partial charge < -0.3 is 4.79 Å². The Morgan fingerprint density at radius 2 is 2.20 bits per heavy atom. The Kier molecular flexibility index (Phi) is 4.76. The predicted octanol–water partition coefficient (Wildman–Crippen LogP) is 1.97. The lowest BCUT2D eigenvalue weighted by Crippen LogP contribution is -1.77. The summed E-state index contributed by atoms with van der Waals surface area (Å²) in [6, 6.07) is 3.87. The lowest BCUT2D eigenvalue weighted by atomic mass is 10.4. The fourth-order valence-corrected chi connectivity index (χ4v) is 0.720. The summed E-state index contributed by atoms with van der Waals surface area (Å²) in [5.41, 5.74) is 1.03. The standard InChI is InChI=1S/C6H6BrN.CH2O/c1-5-6(7)3-2-4-8-5;1-2/h2-4H,1H3;1H2. The first-order chi connectivity index (χ1) is 4.80. The highest BCUT2D eigenvalue weighted by atomic mass is 79.9. The van der Waals surface area contributed by atoms with Gasteiger partial charge in [-0.15, -0.1) is 0 Å². The van der Waals surface area contributed by atoms with Gasteiger partial charge in [0.2, 0.25) is 0 Å². The Labute approximate surface area is 68.4 Å². The number of pyridine rings is 1. The van der Waals surface area contributed by atoms with Crippen molar-refractivity contribution < 1.29 is 4.79 Å². The van der Waals surface area contributed by atoms with Crippen LogP contribution in [0.2, 0.25) is 0 Å². The molecule has 3 heteroatoms. The average molecular weight is 202 g/mol. The van der Waals surface area contributed by atoms with Crippen molar-refractivity contribution in [3.63, 3.8) is 0 Å². The van der Waals surface area contributed by atoms with E-state index < -0.39 is 0 Å². The molecule has 0 radical (unpaired) electrons. The third-order valence-corrected chi connectivity index (χ3v) is 1.78. The van der Waals surface area contributed by atoms with E-state index in [4.69, 9.17) is 4.79 Å². The number of hydrogen-bond donors (Lipinski definition) is 0. The summed E-state index contributed by atoms with van der Waals surface area (Å²) in [7, 11) is 0. The molecule has 0 aliphatic rings. The van der Waals surface area contributed by atoms with Crippen molar-refractivity contribution in [1.29, 1.82) is 0 Å². The highest BCUT2D eigenvalue weighted by Gasteiger charge is 1.87. The van der Waals surface area contributed by atoms with Crippen molar-refractivity contribution in [3.8, 4) is 0 Å². The maximum Gasteiger partial charge on any atom is 0.106 e. The van der Waals surface area contributed by atoms with Gasteiger partial charge in [0.05, 0.1) is 5.69 Å². The van der Waals surface area contributed by atoms with Gasteiger partial charge in [0.15, 0.2) is 0 Å². The van der Waals surface area contributed by atoms with E-state index in [0.29, 0.717) is 0 Å². The molecule has 0 spiro atoms. The molecule has 0 bridgehead atoms. The van der Waals surface area contributed by atoms with Gasteiger partial charge in [0.25, 0.3) is 0 Å².